The molecule has 0 bridgehead atoms. The summed E-state index contributed by atoms with van der Waals surface area (Å²) in [7, 11) is 1.82. The maximum atomic E-state index is 12.9. The highest BCUT2D eigenvalue weighted by Gasteiger charge is 2.16. The van der Waals surface area contributed by atoms with Gasteiger partial charge in [-0.1, -0.05) is 54.1 Å². The van der Waals surface area contributed by atoms with Gasteiger partial charge in [-0.15, -0.1) is 0 Å². The normalized spacial score (nSPS) is 10.9. The molecular formula is C21H17ClN4O. The van der Waals surface area contributed by atoms with E-state index < -0.39 is 0 Å². The van der Waals surface area contributed by atoms with Gasteiger partial charge in [-0.05, 0) is 23.8 Å². The standard InChI is InChI=1S/C21H17ClN4O/c1-26-20-18(13-24-26)17(11-19(25-20)15-7-3-2-4-8-15)21(27)23-12-14-6-5-9-16(22)10-14/h2-11,13H,12H2,1H3,(H,23,27). The van der Waals surface area contributed by atoms with Crippen molar-refractivity contribution in [3.05, 3.63) is 83.0 Å². The number of halogens is 1. The summed E-state index contributed by atoms with van der Waals surface area (Å²) in [6.07, 6.45) is 1.67. The Balaban J connectivity index is 1.70. The molecule has 5 nitrogen and oxygen atoms in total. The quantitative estimate of drug-likeness (QED) is 0.580. The molecule has 4 aromatic rings. The Hall–Kier alpha value is -3.18. The second-order valence-corrected chi connectivity index (χ2v) is 6.68. The van der Waals surface area contributed by atoms with Crippen molar-refractivity contribution in [2.75, 3.05) is 0 Å². The average Bonchev–Trinajstić information content (AvgIpc) is 3.07. The van der Waals surface area contributed by atoms with E-state index in [1.807, 2.05) is 61.6 Å². The number of amides is 1. The Labute approximate surface area is 161 Å². The molecular weight excluding hydrogens is 360 g/mol. The van der Waals surface area contributed by atoms with Crippen LogP contribution in [0.25, 0.3) is 22.3 Å². The Morgan fingerprint density at radius 3 is 2.70 bits per heavy atom. The summed E-state index contributed by atoms with van der Waals surface area (Å²) in [5.41, 5.74) is 3.85. The summed E-state index contributed by atoms with van der Waals surface area (Å²) >= 11 is 6.01. The molecule has 0 aliphatic rings. The van der Waals surface area contributed by atoms with Gasteiger partial charge in [0.05, 0.1) is 22.8 Å². The predicted molar refractivity (Wildman–Crippen MR) is 107 cm³/mol. The zero-order valence-corrected chi connectivity index (χ0v) is 15.4. The molecule has 27 heavy (non-hydrogen) atoms. The third-order valence-electron chi connectivity index (χ3n) is 4.36. The van der Waals surface area contributed by atoms with E-state index in [-0.39, 0.29) is 5.91 Å². The number of carbonyl (C=O) groups is 1. The second kappa shape index (κ2) is 7.21. The molecule has 0 atom stereocenters. The van der Waals surface area contributed by atoms with Gasteiger partial charge in [0.15, 0.2) is 5.65 Å². The minimum atomic E-state index is -0.174. The van der Waals surface area contributed by atoms with Gasteiger partial charge in [-0.3, -0.25) is 9.48 Å². The largest absolute Gasteiger partial charge is 0.348 e. The maximum Gasteiger partial charge on any atom is 0.252 e. The number of aromatic nitrogens is 3. The monoisotopic (exact) mass is 376 g/mol. The Bertz CT molecular complexity index is 1120. The van der Waals surface area contributed by atoms with Crippen LogP contribution >= 0.6 is 11.6 Å². The number of rotatable bonds is 4. The van der Waals surface area contributed by atoms with E-state index in [9.17, 15) is 4.79 Å². The Morgan fingerprint density at radius 2 is 1.93 bits per heavy atom. The van der Waals surface area contributed by atoms with Gasteiger partial charge in [0.2, 0.25) is 0 Å². The molecule has 0 saturated heterocycles. The third kappa shape index (κ3) is 3.55. The number of benzene rings is 2. The zero-order chi connectivity index (χ0) is 18.8. The fourth-order valence-corrected chi connectivity index (χ4v) is 3.20. The van der Waals surface area contributed by atoms with Crippen molar-refractivity contribution in [2.24, 2.45) is 7.05 Å². The molecule has 2 aromatic heterocycles. The number of hydrogen-bond donors (Lipinski definition) is 1. The first-order valence-corrected chi connectivity index (χ1v) is 8.90. The molecule has 0 aliphatic heterocycles. The molecule has 1 amide bonds. The van der Waals surface area contributed by atoms with Crippen molar-refractivity contribution < 1.29 is 4.79 Å². The summed E-state index contributed by atoms with van der Waals surface area (Å²) in [4.78, 5) is 17.6. The molecule has 2 heterocycles. The van der Waals surface area contributed by atoms with Crippen molar-refractivity contribution in [3.8, 4) is 11.3 Å². The van der Waals surface area contributed by atoms with E-state index in [1.54, 1.807) is 16.9 Å². The highest BCUT2D eigenvalue weighted by molar-refractivity contribution is 6.30. The first kappa shape index (κ1) is 17.2. The van der Waals surface area contributed by atoms with Crippen LogP contribution in [0.2, 0.25) is 5.02 Å². The van der Waals surface area contributed by atoms with Gasteiger partial charge in [-0.2, -0.15) is 5.10 Å². The second-order valence-electron chi connectivity index (χ2n) is 6.24. The van der Waals surface area contributed by atoms with Crippen LogP contribution in [-0.2, 0) is 13.6 Å². The molecule has 134 valence electrons. The molecule has 4 rings (SSSR count). The summed E-state index contributed by atoms with van der Waals surface area (Å²) in [5.74, 6) is -0.174. The molecule has 6 heteroatoms. The molecule has 0 radical (unpaired) electrons. The average molecular weight is 377 g/mol. The number of hydrogen-bond acceptors (Lipinski definition) is 3. The van der Waals surface area contributed by atoms with E-state index in [4.69, 9.17) is 11.6 Å². The molecule has 0 aliphatic carbocycles. The Kier molecular flexibility index (Phi) is 4.60. The highest BCUT2D eigenvalue weighted by Crippen LogP contribution is 2.24. The first-order valence-electron chi connectivity index (χ1n) is 8.52. The summed E-state index contributed by atoms with van der Waals surface area (Å²) in [6, 6.07) is 19.0. The minimum absolute atomic E-state index is 0.174. The van der Waals surface area contributed by atoms with Crippen LogP contribution in [0.1, 0.15) is 15.9 Å². The molecule has 0 saturated carbocycles. The van der Waals surface area contributed by atoms with Crippen molar-refractivity contribution in [3.63, 3.8) is 0 Å². The number of fused-ring (bicyclic) bond motifs is 1. The summed E-state index contributed by atoms with van der Waals surface area (Å²) in [6.45, 7) is 0.393. The lowest BCUT2D eigenvalue weighted by atomic mass is 10.1. The lowest BCUT2D eigenvalue weighted by Gasteiger charge is -2.09. The number of pyridine rings is 1. The van der Waals surface area contributed by atoms with Gasteiger partial charge in [-0.25, -0.2) is 4.98 Å². The van der Waals surface area contributed by atoms with Crippen LogP contribution in [0.5, 0.6) is 0 Å². The van der Waals surface area contributed by atoms with Gasteiger partial charge in [0.25, 0.3) is 5.91 Å². The SMILES string of the molecule is Cn1ncc2c(C(=O)NCc3cccc(Cl)c3)cc(-c3ccccc3)nc21. The Morgan fingerprint density at radius 1 is 1.11 bits per heavy atom. The van der Waals surface area contributed by atoms with Gasteiger partial charge >= 0.3 is 0 Å². The number of aryl methyl sites for hydroxylation is 1. The van der Waals surface area contributed by atoms with Crippen LogP contribution in [-0.4, -0.2) is 20.7 Å². The smallest absolute Gasteiger partial charge is 0.252 e. The third-order valence-corrected chi connectivity index (χ3v) is 4.60. The predicted octanol–water partition coefficient (Wildman–Crippen LogP) is 4.22. The van der Waals surface area contributed by atoms with Gasteiger partial charge in [0, 0.05) is 24.2 Å². The van der Waals surface area contributed by atoms with E-state index >= 15 is 0 Å². The van der Waals surface area contributed by atoms with Crippen LogP contribution in [0.4, 0.5) is 0 Å². The molecule has 0 unspecified atom stereocenters. The molecule has 2 aromatic carbocycles. The molecule has 0 fully saturated rings. The van der Waals surface area contributed by atoms with Crippen molar-refractivity contribution in [1.82, 2.24) is 20.1 Å². The minimum Gasteiger partial charge on any atom is -0.348 e. The lowest BCUT2D eigenvalue weighted by molar-refractivity contribution is 0.0952. The van der Waals surface area contributed by atoms with Crippen molar-refractivity contribution >= 4 is 28.5 Å². The topological polar surface area (TPSA) is 59.8 Å². The maximum absolute atomic E-state index is 12.9. The van der Waals surface area contributed by atoms with E-state index in [0.717, 1.165) is 22.2 Å². The first-order chi connectivity index (χ1) is 13.1. The zero-order valence-electron chi connectivity index (χ0n) is 14.7. The van der Waals surface area contributed by atoms with Gasteiger partial charge < -0.3 is 5.32 Å². The van der Waals surface area contributed by atoms with Crippen LogP contribution in [0, 0.1) is 0 Å². The molecule has 0 spiro atoms. The van der Waals surface area contributed by atoms with E-state index in [1.165, 1.54) is 0 Å². The van der Waals surface area contributed by atoms with E-state index in [0.29, 0.717) is 22.8 Å². The van der Waals surface area contributed by atoms with Gasteiger partial charge in [0.1, 0.15) is 0 Å². The number of nitrogens with zero attached hydrogens (tertiary/aromatic N) is 3. The number of carbonyl (C=O) groups excluding carboxylic acids is 1. The fraction of sp³-hybridized carbons (Fsp3) is 0.0952. The van der Waals surface area contributed by atoms with E-state index in [2.05, 4.69) is 15.4 Å². The number of nitrogens with one attached hydrogen (secondary N) is 1. The summed E-state index contributed by atoms with van der Waals surface area (Å²) in [5, 5.41) is 8.59. The van der Waals surface area contributed by atoms with Crippen LogP contribution in [0.15, 0.2) is 66.9 Å². The lowest BCUT2D eigenvalue weighted by Crippen LogP contribution is -2.23. The fourth-order valence-electron chi connectivity index (χ4n) is 2.98. The highest BCUT2D eigenvalue weighted by atomic mass is 35.5. The van der Waals surface area contributed by atoms with Crippen LogP contribution < -0.4 is 5.32 Å². The van der Waals surface area contributed by atoms with Crippen LogP contribution in [0.3, 0.4) is 0 Å². The van der Waals surface area contributed by atoms with Crippen molar-refractivity contribution in [1.29, 1.82) is 0 Å². The summed E-state index contributed by atoms with van der Waals surface area (Å²) < 4.78 is 1.68. The molecule has 1 N–H and O–H groups in total. The van der Waals surface area contributed by atoms with Crippen molar-refractivity contribution in [2.45, 2.75) is 6.54 Å².